The van der Waals surface area contributed by atoms with Gasteiger partial charge < -0.3 is 20.1 Å². The molecule has 0 radical (unpaired) electrons. The molecule has 0 saturated carbocycles. The van der Waals surface area contributed by atoms with Gasteiger partial charge in [0.25, 0.3) is 0 Å². The van der Waals surface area contributed by atoms with Crippen molar-refractivity contribution in [1.82, 2.24) is 25.7 Å². The van der Waals surface area contributed by atoms with Crippen LogP contribution in [-0.4, -0.2) is 53.0 Å². The maximum absolute atomic E-state index is 11.7. The van der Waals surface area contributed by atoms with E-state index in [-0.39, 0.29) is 6.54 Å². The number of nitrogens with one attached hydrogen (secondary N) is 2. The van der Waals surface area contributed by atoms with Gasteiger partial charge in [-0.25, -0.2) is 0 Å². The Bertz CT molecular complexity index is 385. The average molecular weight is 239 g/mol. The van der Waals surface area contributed by atoms with Crippen LogP contribution < -0.4 is 10.6 Å². The van der Waals surface area contributed by atoms with Crippen LogP contribution in [0.15, 0.2) is 10.9 Å². The smallest absolute Gasteiger partial charge is 0.311 e. The summed E-state index contributed by atoms with van der Waals surface area (Å²) >= 11 is 0. The van der Waals surface area contributed by atoms with Crippen molar-refractivity contribution < 1.29 is 14.1 Å². The van der Waals surface area contributed by atoms with Crippen LogP contribution in [0.1, 0.15) is 5.82 Å². The van der Waals surface area contributed by atoms with Gasteiger partial charge in [-0.3, -0.25) is 9.59 Å². The molecule has 0 bridgehead atoms. The number of carbonyl (C=O) groups excluding carboxylic acids is 2. The number of piperazine rings is 1. The Morgan fingerprint density at radius 3 is 2.88 bits per heavy atom. The van der Waals surface area contributed by atoms with Crippen LogP contribution >= 0.6 is 0 Å². The van der Waals surface area contributed by atoms with Crippen molar-refractivity contribution in [2.45, 2.75) is 6.54 Å². The molecular formula is C9H13N5O3. The Balaban J connectivity index is 1.80. The summed E-state index contributed by atoms with van der Waals surface area (Å²) in [5.74, 6) is -0.821. The van der Waals surface area contributed by atoms with Crippen molar-refractivity contribution in [3.8, 4) is 0 Å². The van der Waals surface area contributed by atoms with Crippen LogP contribution in [0, 0.1) is 0 Å². The summed E-state index contributed by atoms with van der Waals surface area (Å²) in [4.78, 5) is 28.5. The van der Waals surface area contributed by atoms with Crippen molar-refractivity contribution in [3.63, 3.8) is 0 Å². The molecule has 0 atom stereocenters. The molecule has 0 aliphatic carbocycles. The molecule has 1 aliphatic heterocycles. The van der Waals surface area contributed by atoms with E-state index in [1.807, 2.05) is 0 Å². The van der Waals surface area contributed by atoms with Gasteiger partial charge in [0.05, 0.1) is 6.54 Å². The van der Waals surface area contributed by atoms with Crippen LogP contribution in [0.2, 0.25) is 0 Å². The van der Waals surface area contributed by atoms with Crippen LogP contribution in [0.4, 0.5) is 0 Å². The molecule has 8 heteroatoms. The molecule has 1 aromatic rings. The number of rotatable bonds is 2. The Morgan fingerprint density at radius 1 is 1.47 bits per heavy atom. The summed E-state index contributed by atoms with van der Waals surface area (Å²) in [7, 11) is 0. The zero-order chi connectivity index (χ0) is 12.1. The second-order valence-corrected chi connectivity index (χ2v) is 3.57. The molecule has 1 fully saturated rings. The van der Waals surface area contributed by atoms with Crippen LogP contribution in [-0.2, 0) is 16.1 Å². The Labute approximate surface area is 97.3 Å². The van der Waals surface area contributed by atoms with Gasteiger partial charge >= 0.3 is 11.8 Å². The first kappa shape index (κ1) is 11.5. The summed E-state index contributed by atoms with van der Waals surface area (Å²) in [6.07, 6.45) is 1.17. The molecule has 1 aliphatic rings. The lowest BCUT2D eigenvalue weighted by atomic mass is 10.3. The number of hydrogen-bond donors (Lipinski definition) is 2. The molecule has 2 N–H and O–H groups in total. The van der Waals surface area contributed by atoms with Crippen LogP contribution in [0.3, 0.4) is 0 Å². The van der Waals surface area contributed by atoms with E-state index in [4.69, 9.17) is 0 Å². The summed E-state index contributed by atoms with van der Waals surface area (Å²) in [6.45, 7) is 2.61. The van der Waals surface area contributed by atoms with E-state index in [0.717, 1.165) is 0 Å². The zero-order valence-corrected chi connectivity index (χ0v) is 9.18. The monoisotopic (exact) mass is 239 g/mol. The van der Waals surface area contributed by atoms with Gasteiger partial charge in [-0.2, -0.15) is 4.98 Å². The first-order valence-electron chi connectivity index (χ1n) is 5.30. The molecule has 0 aromatic carbocycles. The topological polar surface area (TPSA) is 100 Å². The fraction of sp³-hybridized carbons (Fsp3) is 0.556. The number of aromatic nitrogens is 2. The quantitative estimate of drug-likeness (QED) is 0.586. The maximum atomic E-state index is 11.7. The molecule has 92 valence electrons. The molecule has 0 spiro atoms. The molecule has 2 amide bonds. The molecule has 1 saturated heterocycles. The van der Waals surface area contributed by atoms with Gasteiger partial charge in [-0.15, -0.1) is 0 Å². The highest BCUT2D eigenvalue weighted by Crippen LogP contribution is 1.94. The summed E-state index contributed by atoms with van der Waals surface area (Å²) in [5, 5.41) is 9.08. The SMILES string of the molecule is O=C(NCc1ncon1)C(=O)N1CCNCC1. The molecule has 2 heterocycles. The van der Waals surface area contributed by atoms with E-state index < -0.39 is 11.8 Å². The zero-order valence-electron chi connectivity index (χ0n) is 9.18. The van der Waals surface area contributed by atoms with E-state index >= 15 is 0 Å². The Kier molecular flexibility index (Phi) is 3.66. The van der Waals surface area contributed by atoms with E-state index in [1.165, 1.54) is 11.3 Å². The lowest BCUT2D eigenvalue weighted by Crippen LogP contribution is -2.51. The van der Waals surface area contributed by atoms with Crippen molar-refractivity contribution in [3.05, 3.63) is 12.2 Å². The highest BCUT2D eigenvalue weighted by molar-refractivity contribution is 6.34. The molecule has 0 unspecified atom stereocenters. The first-order valence-corrected chi connectivity index (χ1v) is 5.30. The third-order valence-corrected chi connectivity index (χ3v) is 2.41. The van der Waals surface area contributed by atoms with Crippen molar-refractivity contribution in [1.29, 1.82) is 0 Å². The number of nitrogens with zero attached hydrogens (tertiary/aromatic N) is 3. The Hall–Kier alpha value is -1.96. The van der Waals surface area contributed by atoms with E-state index in [0.29, 0.717) is 32.0 Å². The van der Waals surface area contributed by atoms with Gasteiger partial charge in [0.15, 0.2) is 5.82 Å². The van der Waals surface area contributed by atoms with Crippen LogP contribution in [0.25, 0.3) is 0 Å². The fourth-order valence-corrected chi connectivity index (χ4v) is 1.52. The lowest BCUT2D eigenvalue weighted by Gasteiger charge is -2.26. The summed E-state index contributed by atoms with van der Waals surface area (Å²) < 4.78 is 4.51. The molecule has 2 rings (SSSR count). The number of hydrogen-bond acceptors (Lipinski definition) is 6. The minimum atomic E-state index is -0.642. The van der Waals surface area contributed by atoms with E-state index in [1.54, 1.807) is 0 Å². The van der Waals surface area contributed by atoms with Gasteiger partial charge in [0.2, 0.25) is 6.39 Å². The predicted octanol–water partition coefficient (Wildman–Crippen LogP) is -1.88. The first-order chi connectivity index (χ1) is 8.27. The van der Waals surface area contributed by atoms with E-state index in [2.05, 4.69) is 25.3 Å². The highest BCUT2D eigenvalue weighted by Gasteiger charge is 2.22. The minimum absolute atomic E-state index is 0.0904. The third-order valence-electron chi connectivity index (χ3n) is 2.41. The van der Waals surface area contributed by atoms with Crippen LogP contribution in [0.5, 0.6) is 0 Å². The maximum Gasteiger partial charge on any atom is 0.311 e. The molecule has 17 heavy (non-hydrogen) atoms. The van der Waals surface area contributed by atoms with Gasteiger partial charge in [-0.05, 0) is 0 Å². The van der Waals surface area contributed by atoms with Gasteiger partial charge in [-0.1, -0.05) is 5.16 Å². The average Bonchev–Trinajstić information content (AvgIpc) is 2.89. The number of amides is 2. The minimum Gasteiger partial charge on any atom is -0.343 e. The molecule has 8 nitrogen and oxygen atoms in total. The largest absolute Gasteiger partial charge is 0.343 e. The highest BCUT2D eigenvalue weighted by atomic mass is 16.5. The fourth-order valence-electron chi connectivity index (χ4n) is 1.52. The summed E-state index contributed by atoms with van der Waals surface area (Å²) in [5.41, 5.74) is 0. The van der Waals surface area contributed by atoms with E-state index in [9.17, 15) is 9.59 Å². The Morgan fingerprint density at radius 2 is 2.24 bits per heavy atom. The standard InChI is InChI=1S/C9H13N5O3/c15-8(11-5-7-12-6-17-13-7)9(16)14-3-1-10-2-4-14/h6,10H,1-5H2,(H,11,15). The second kappa shape index (κ2) is 5.39. The predicted molar refractivity (Wildman–Crippen MR) is 55.6 cm³/mol. The summed E-state index contributed by atoms with van der Waals surface area (Å²) in [6, 6.07) is 0. The normalized spacial score (nSPS) is 15.6. The van der Waals surface area contributed by atoms with Crippen molar-refractivity contribution in [2.24, 2.45) is 0 Å². The third kappa shape index (κ3) is 3.00. The lowest BCUT2D eigenvalue weighted by molar-refractivity contribution is -0.146. The van der Waals surface area contributed by atoms with Crippen molar-refractivity contribution >= 4 is 11.8 Å². The van der Waals surface area contributed by atoms with Gasteiger partial charge in [0.1, 0.15) is 0 Å². The van der Waals surface area contributed by atoms with Crippen molar-refractivity contribution in [2.75, 3.05) is 26.2 Å². The second-order valence-electron chi connectivity index (χ2n) is 3.57. The van der Waals surface area contributed by atoms with Gasteiger partial charge in [0, 0.05) is 26.2 Å². The number of carbonyl (C=O) groups is 2. The molecule has 1 aromatic heterocycles. The molecular weight excluding hydrogens is 226 g/mol.